The van der Waals surface area contributed by atoms with E-state index in [2.05, 4.69) is 10.3 Å². The number of anilines is 1. The highest BCUT2D eigenvalue weighted by Gasteiger charge is 2.31. The van der Waals surface area contributed by atoms with Crippen molar-refractivity contribution < 1.29 is 17.6 Å². The van der Waals surface area contributed by atoms with Gasteiger partial charge in [-0.2, -0.15) is 4.31 Å². The number of aromatic nitrogens is 2. The summed E-state index contributed by atoms with van der Waals surface area (Å²) in [6, 6.07) is 8.74. The third-order valence-electron chi connectivity index (χ3n) is 4.89. The minimum absolute atomic E-state index is 0.0275. The van der Waals surface area contributed by atoms with Crippen LogP contribution >= 0.6 is 0 Å². The van der Waals surface area contributed by atoms with Crippen LogP contribution in [0.2, 0.25) is 0 Å². The Labute approximate surface area is 169 Å². The lowest BCUT2D eigenvalue weighted by Crippen LogP contribution is -2.28. The quantitative estimate of drug-likeness (QED) is 0.669. The number of sulfonamides is 1. The largest absolute Gasteiger partial charge is 0.455 e. The summed E-state index contributed by atoms with van der Waals surface area (Å²) >= 11 is 0. The van der Waals surface area contributed by atoms with Crippen LogP contribution in [-0.4, -0.2) is 41.3 Å². The zero-order valence-electron chi connectivity index (χ0n) is 16.0. The SMILES string of the molecule is Cc1oc(C(=O)Nc2cccc(Cn3ccnc3)c2)cc1S(=O)(=O)N1CCCC1. The fourth-order valence-corrected chi connectivity index (χ4v) is 5.11. The van der Waals surface area contributed by atoms with Crippen LogP contribution in [0.1, 0.15) is 34.7 Å². The number of amides is 1. The molecule has 0 aliphatic carbocycles. The lowest BCUT2D eigenvalue weighted by Gasteiger charge is -2.14. The van der Waals surface area contributed by atoms with Crippen molar-refractivity contribution >= 4 is 21.6 Å². The molecule has 0 atom stereocenters. The fourth-order valence-electron chi connectivity index (χ4n) is 3.43. The molecule has 9 heteroatoms. The van der Waals surface area contributed by atoms with Gasteiger partial charge in [-0.1, -0.05) is 12.1 Å². The molecule has 29 heavy (non-hydrogen) atoms. The maximum atomic E-state index is 12.8. The van der Waals surface area contributed by atoms with Gasteiger partial charge in [0.2, 0.25) is 10.0 Å². The molecule has 1 saturated heterocycles. The molecule has 3 aromatic rings. The molecule has 4 rings (SSSR count). The average molecular weight is 414 g/mol. The van der Waals surface area contributed by atoms with Crippen LogP contribution in [0.25, 0.3) is 0 Å². The minimum Gasteiger partial charge on any atom is -0.455 e. The Morgan fingerprint density at radius 3 is 2.76 bits per heavy atom. The number of imidazole rings is 1. The van der Waals surface area contributed by atoms with Crippen molar-refractivity contribution in [1.82, 2.24) is 13.9 Å². The Balaban J connectivity index is 1.51. The van der Waals surface area contributed by atoms with Crippen LogP contribution in [0.4, 0.5) is 5.69 Å². The van der Waals surface area contributed by atoms with Crippen molar-refractivity contribution in [2.24, 2.45) is 0 Å². The zero-order chi connectivity index (χ0) is 20.4. The van der Waals surface area contributed by atoms with Crippen LogP contribution in [0.15, 0.2) is 58.4 Å². The summed E-state index contributed by atoms with van der Waals surface area (Å²) < 4.78 is 34.4. The van der Waals surface area contributed by atoms with Gasteiger partial charge in [0.1, 0.15) is 10.7 Å². The van der Waals surface area contributed by atoms with E-state index in [-0.39, 0.29) is 16.4 Å². The summed E-state index contributed by atoms with van der Waals surface area (Å²) in [5, 5.41) is 2.77. The molecule has 8 nitrogen and oxygen atoms in total. The third kappa shape index (κ3) is 4.10. The van der Waals surface area contributed by atoms with E-state index in [0.29, 0.717) is 25.3 Å². The topological polar surface area (TPSA) is 97.4 Å². The Kier molecular flexibility index (Phi) is 5.25. The Hall–Kier alpha value is -2.91. The van der Waals surface area contributed by atoms with Gasteiger partial charge >= 0.3 is 0 Å². The highest BCUT2D eigenvalue weighted by Crippen LogP contribution is 2.27. The Morgan fingerprint density at radius 2 is 2.03 bits per heavy atom. The van der Waals surface area contributed by atoms with Gasteiger partial charge in [0, 0.05) is 43.8 Å². The number of hydrogen-bond donors (Lipinski definition) is 1. The number of rotatable bonds is 6. The Morgan fingerprint density at radius 1 is 1.24 bits per heavy atom. The number of carbonyl (C=O) groups excluding carboxylic acids is 1. The van der Waals surface area contributed by atoms with E-state index >= 15 is 0 Å². The van der Waals surface area contributed by atoms with Crippen molar-refractivity contribution in [3.8, 4) is 0 Å². The van der Waals surface area contributed by atoms with Crippen LogP contribution in [0, 0.1) is 6.92 Å². The van der Waals surface area contributed by atoms with Crippen LogP contribution in [0.5, 0.6) is 0 Å². The van der Waals surface area contributed by atoms with E-state index in [4.69, 9.17) is 4.42 Å². The molecule has 0 saturated carbocycles. The molecule has 2 aromatic heterocycles. The number of nitrogens with one attached hydrogen (secondary N) is 1. The van der Waals surface area contributed by atoms with Gasteiger partial charge in [0.05, 0.1) is 6.33 Å². The summed E-state index contributed by atoms with van der Waals surface area (Å²) in [7, 11) is -3.64. The van der Waals surface area contributed by atoms with Gasteiger partial charge in [0.15, 0.2) is 5.76 Å². The maximum Gasteiger partial charge on any atom is 0.291 e. The zero-order valence-corrected chi connectivity index (χ0v) is 16.9. The number of nitrogens with zero attached hydrogens (tertiary/aromatic N) is 3. The molecule has 1 amide bonds. The normalized spacial score (nSPS) is 14.9. The summed E-state index contributed by atoms with van der Waals surface area (Å²) in [4.78, 5) is 16.7. The van der Waals surface area contributed by atoms with E-state index in [1.54, 1.807) is 25.5 Å². The third-order valence-corrected chi connectivity index (χ3v) is 6.89. The number of aryl methyl sites for hydroxylation is 1. The van der Waals surface area contributed by atoms with Crippen LogP contribution in [-0.2, 0) is 16.6 Å². The summed E-state index contributed by atoms with van der Waals surface area (Å²) in [5.41, 5.74) is 1.60. The summed E-state index contributed by atoms with van der Waals surface area (Å²) in [6.07, 6.45) is 6.98. The number of hydrogen-bond acceptors (Lipinski definition) is 5. The summed E-state index contributed by atoms with van der Waals surface area (Å²) in [6.45, 7) is 3.18. The van der Waals surface area contributed by atoms with E-state index in [1.165, 1.54) is 10.4 Å². The predicted octanol–water partition coefficient (Wildman–Crippen LogP) is 2.87. The monoisotopic (exact) mass is 414 g/mol. The number of carbonyl (C=O) groups is 1. The number of benzene rings is 1. The standard InChI is InChI=1S/C20H22N4O4S/c1-15-19(29(26,27)24-8-2-3-9-24)12-18(28-15)20(25)22-17-6-4-5-16(11-17)13-23-10-7-21-14-23/h4-7,10-12,14H,2-3,8-9,13H2,1H3,(H,22,25). The second kappa shape index (κ2) is 7.84. The van der Waals surface area contributed by atoms with Crippen LogP contribution < -0.4 is 5.32 Å². The smallest absolute Gasteiger partial charge is 0.291 e. The van der Waals surface area contributed by atoms with Gasteiger partial charge in [-0.15, -0.1) is 0 Å². The highest BCUT2D eigenvalue weighted by atomic mass is 32.2. The molecule has 3 heterocycles. The summed E-state index contributed by atoms with van der Waals surface area (Å²) in [5.74, 6) is -0.299. The van der Waals surface area contributed by atoms with Gasteiger partial charge in [-0.25, -0.2) is 13.4 Å². The molecule has 152 valence electrons. The molecule has 1 fully saturated rings. The van der Waals surface area contributed by atoms with Gasteiger partial charge in [-0.05, 0) is 37.5 Å². The van der Waals surface area contributed by atoms with Crippen molar-refractivity contribution in [3.05, 3.63) is 66.1 Å². The van der Waals surface area contributed by atoms with Crippen molar-refractivity contribution in [3.63, 3.8) is 0 Å². The highest BCUT2D eigenvalue weighted by molar-refractivity contribution is 7.89. The van der Waals surface area contributed by atoms with Crippen molar-refractivity contribution in [2.75, 3.05) is 18.4 Å². The predicted molar refractivity (Wildman–Crippen MR) is 107 cm³/mol. The van der Waals surface area contributed by atoms with E-state index in [9.17, 15) is 13.2 Å². The first-order chi connectivity index (χ1) is 13.9. The number of furan rings is 1. The van der Waals surface area contributed by atoms with E-state index in [1.807, 2.05) is 29.0 Å². The van der Waals surface area contributed by atoms with Crippen molar-refractivity contribution in [2.45, 2.75) is 31.2 Å². The molecule has 1 aliphatic heterocycles. The lowest BCUT2D eigenvalue weighted by molar-refractivity contribution is 0.0995. The average Bonchev–Trinajstić information content (AvgIpc) is 3.44. The second-order valence-electron chi connectivity index (χ2n) is 7.03. The Bertz CT molecular complexity index is 1110. The van der Waals surface area contributed by atoms with E-state index < -0.39 is 15.9 Å². The fraction of sp³-hybridized carbons (Fsp3) is 0.300. The molecular weight excluding hydrogens is 392 g/mol. The minimum atomic E-state index is -3.64. The molecule has 0 bridgehead atoms. The van der Waals surface area contributed by atoms with E-state index in [0.717, 1.165) is 18.4 Å². The lowest BCUT2D eigenvalue weighted by atomic mass is 10.2. The molecule has 1 aliphatic rings. The van der Waals surface area contributed by atoms with Crippen molar-refractivity contribution in [1.29, 1.82) is 0 Å². The first-order valence-electron chi connectivity index (χ1n) is 9.40. The first kappa shape index (κ1) is 19.4. The second-order valence-corrected chi connectivity index (χ2v) is 8.94. The first-order valence-corrected chi connectivity index (χ1v) is 10.8. The molecule has 0 radical (unpaired) electrons. The molecule has 0 spiro atoms. The van der Waals surface area contributed by atoms with Gasteiger partial charge in [-0.3, -0.25) is 4.79 Å². The maximum absolute atomic E-state index is 12.8. The molecule has 1 N–H and O–H groups in total. The van der Waals surface area contributed by atoms with Gasteiger partial charge < -0.3 is 14.3 Å². The van der Waals surface area contributed by atoms with Gasteiger partial charge in [0.25, 0.3) is 5.91 Å². The molecule has 1 aromatic carbocycles. The molecular formula is C20H22N4O4S. The van der Waals surface area contributed by atoms with Crippen LogP contribution in [0.3, 0.4) is 0 Å². The molecule has 0 unspecified atom stereocenters.